The van der Waals surface area contributed by atoms with Gasteiger partial charge >= 0.3 is 5.91 Å². The van der Waals surface area contributed by atoms with E-state index >= 15 is 0 Å². The minimum absolute atomic E-state index is 0.0822. The summed E-state index contributed by atoms with van der Waals surface area (Å²) >= 11 is 0. The van der Waals surface area contributed by atoms with Crippen LogP contribution < -0.4 is 9.46 Å². The largest absolute Gasteiger partial charge is 0.504 e. The van der Waals surface area contributed by atoms with Gasteiger partial charge in [-0.1, -0.05) is 24.3 Å². The Kier molecular flexibility index (Phi) is 5.62. The Bertz CT molecular complexity index is 1280. The van der Waals surface area contributed by atoms with Gasteiger partial charge < -0.3 is 14.3 Å². The normalized spacial score (nSPS) is 16.0. The van der Waals surface area contributed by atoms with Gasteiger partial charge in [-0.3, -0.25) is 9.52 Å². The van der Waals surface area contributed by atoms with Crippen LogP contribution in [-0.2, 0) is 10.0 Å². The molecule has 0 unspecified atom stereocenters. The molecule has 1 atom stereocenters. The molecule has 166 valence electrons. The lowest BCUT2D eigenvalue weighted by molar-refractivity contribution is 0.0676. The van der Waals surface area contributed by atoms with Crippen LogP contribution in [0.25, 0.3) is 0 Å². The number of ether oxygens (including phenoxy) is 1. The average molecular weight is 455 g/mol. The Morgan fingerprint density at radius 1 is 1.22 bits per heavy atom. The summed E-state index contributed by atoms with van der Waals surface area (Å²) in [4.78, 5) is 13.1. The number of hydrogen-bond acceptors (Lipinski definition) is 7. The fourth-order valence-corrected chi connectivity index (χ4v) is 4.13. The summed E-state index contributed by atoms with van der Waals surface area (Å²) < 4.78 is 36.1. The Balaban J connectivity index is 1.75. The van der Waals surface area contributed by atoms with Crippen LogP contribution in [-0.4, -0.2) is 43.5 Å². The first-order valence-corrected chi connectivity index (χ1v) is 11.5. The minimum Gasteiger partial charge on any atom is -0.504 e. The second-order valence-corrected chi connectivity index (χ2v) is 9.00. The Morgan fingerprint density at radius 2 is 2.00 bits per heavy atom. The average Bonchev–Trinajstić information content (AvgIpc) is 3.43. The molecule has 1 aliphatic rings. The maximum Gasteiger partial charge on any atom is 0.310 e. The number of nitrogens with zero attached hydrogens (tertiary/aromatic N) is 2. The van der Waals surface area contributed by atoms with E-state index in [1.54, 1.807) is 48.5 Å². The number of phenols is 1. The molecule has 3 aromatic rings. The second-order valence-electron chi connectivity index (χ2n) is 7.25. The maximum absolute atomic E-state index is 13.1. The van der Waals surface area contributed by atoms with Crippen LogP contribution >= 0.6 is 0 Å². The number of carbonyl (C=O) groups excluding carboxylic acids is 1. The molecule has 0 radical (unpaired) electrons. The van der Waals surface area contributed by atoms with Crippen molar-refractivity contribution in [2.24, 2.45) is 5.10 Å². The third kappa shape index (κ3) is 4.30. The van der Waals surface area contributed by atoms with Crippen molar-refractivity contribution in [2.45, 2.75) is 12.5 Å². The molecule has 2 heterocycles. The molecule has 2 N–H and O–H groups in total. The number of para-hydroxylation sites is 1. The molecule has 10 heteroatoms. The number of rotatable bonds is 6. The number of phenolic OH excluding ortho intramolecular Hbond substituents is 1. The molecular weight excluding hydrogens is 434 g/mol. The van der Waals surface area contributed by atoms with Crippen LogP contribution in [0.4, 0.5) is 5.69 Å². The van der Waals surface area contributed by atoms with Gasteiger partial charge in [0.15, 0.2) is 17.3 Å². The van der Waals surface area contributed by atoms with Crippen LogP contribution in [0.3, 0.4) is 0 Å². The Labute approximate surface area is 185 Å². The second kappa shape index (κ2) is 8.39. The molecule has 2 aromatic carbocycles. The molecule has 4 rings (SSSR count). The molecule has 0 saturated heterocycles. The fourth-order valence-electron chi connectivity index (χ4n) is 3.58. The summed E-state index contributed by atoms with van der Waals surface area (Å²) in [5.74, 6) is -0.167. The van der Waals surface area contributed by atoms with E-state index in [0.717, 1.165) is 6.26 Å². The highest BCUT2D eigenvalue weighted by molar-refractivity contribution is 7.92. The SMILES string of the molecule is COc1cccc([C@@H]2CC(c3cccc(NS(C)(=O)=O)c3)=NN2C(=O)c2ccco2)c1O. The van der Waals surface area contributed by atoms with Gasteiger partial charge in [-0.15, -0.1) is 0 Å². The molecular formula is C22H21N3O6S. The lowest BCUT2D eigenvalue weighted by Crippen LogP contribution is -2.26. The van der Waals surface area contributed by atoms with E-state index in [1.165, 1.54) is 24.4 Å². The molecule has 0 spiro atoms. The Morgan fingerprint density at radius 3 is 2.69 bits per heavy atom. The molecule has 1 aliphatic heterocycles. The molecule has 1 aromatic heterocycles. The molecule has 9 nitrogen and oxygen atoms in total. The number of anilines is 1. The molecule has 32 heavy (non-hydrogen) atoms. The smallest absolute Gasteiger partial charge is 0.310 e. The number of aromatic hydroxyl groups is 1. The monoisotopic (exact) mass is 455 g/mol. The van der Waals surface area contributed by atoms with Crippen molar-refractivity contribution in [3.05, 3.63) is 77.7 Å². The van der Waals surface area contributed by atoms with E-state index in [2.05, 4.69) is 9.82 Å². The van der Waals surface area contributed by atoms with E-state index < -0.39 is 22.0 Å². The molecule has 0 bridgehead atoms. The van der Waals surface area contributed by atoms with Crippen molar-refractivity contribution in [1.29, 1.82) is 0 Å². The number of furan rings is 1. The van der Waals surface area contributed by atoms with E-state index in [-0.39, 0.29) is 23.7 Å². The number of methoxy groups -OCH3 is 1. The maximum atomic E-state index is 13.1. The fraction of sp³-hybridized carbons (Fsp3) is 0.182. The molecule has 1 amide bonds. The first-order valence-electron chi connectivity index (χ1n) is 9.65. The number of hydrogen-bond donors (Lipinski definition) is 2. The summed E-state index contributed by atoms with van der Waals surface area (Å²) in [6, 6.07) is 14.3. The molecule has 0 saturated carbocycles. The van der Waals surface area contributed by atoms with Gasteiger partial charge in [0.25, 0.3) is 0 Å². The highest BCUT2D eigenvalue weighted by atomic mass is 32.2. The first-order chi connectivity index (χ1) is 15.3. The van der Waals surface area contributed by atoms with Gasteiger partial charge in [-0.2, -0.15) is 5.10 Å². The zero-order valence-electron chi connectivity index (χ0n) is 17.3. The highest BCUT2D eigenvalue weighted by Crippen LogP contribution is 2.41. The quantitative estimate of drug-likeness (QED) is 0.588. The predicted molar refractivity (Wildman–Crippen MR) is 118 cm³/mol. The Hall–Kier alpha value is -3.79. The van der Waals surface area contributed by atoms with Crippen molar-refractivity contribution in [2.75, 3.05) is 18.1 Å². The van der Waals surface area contributed by atoms with Crippen LogP contribution in [0.2, 0.25) is 0 Å². The zero-order valence-corrected chi connectivity index (χ0v) is 18.2. The lowest BCUT2D eigenvalue weighted by atomic mass is 9.97. The first kappa shape index (κ1) is 21.4. The third-order valence-electron chi connectivity index (χ3n) is 4.96. The van der Waals surface area contributed by atoms with Crippen molar-refractivity contribution in [1.82, 2.24) is 5.01 Å². The van der Waals surface area contributed by atoms with Crippen molar-refractivity contribution in [3.8, 4) is 11.5 Å². The minimum atomic E-state index is -3.45. The van der Waals surface area contributed by atoms with Crippen molar-refractivity contribution < 1.29 is 27.5 Å². The number of sulfonamides is 1. The number of hydrazone groups is 1. The van der Waals surface area contributed by atoms with Gasteiger partial charge in [0.1, 0.15) is 0 Å². The number of amides is 1. The lowest BCUT2D eigenvalue weighted by Gasteiger charge is -2.22. The summed E-state index contributed by atoms with van der Waals surface area (Å²) in [6.07, 6.45) is 2.75. The van der Waals surface area contributed by atoms with E-state index in [0.29, 0.717) is 22.5 Å². The zero-order chi connectivity index (χ0) is 22.9. The van der Waals surface area contributed by atoms with Crippen LogP contribution in [0.1, 0.15) is 34.1 Å². The van der Waals surface area contributed by atoms with Gasteiger partial charge in [-0.05, 0) is 35.9 Å². The van der Waals surface area contributed by atoms with Crippen LogP contribution in [0.5, 0.6) is 11.5 Å². The number of carbonyl (C=O) groups is 1. The van der Waals surface area contributed by atoms with Crippen LogP contribution in [0, 0.1) is 0 Å². The van der Waals surface area contributed by atoms with Crippen molar-refractivity contribution >= 4 is 27.3 Å². The van der Waals surface area contributed by atoms with E-state index in [9.17, 15) is 18.3 Å². The molecule has 0 aliphatic carbocycles. The standard InChI is InChI=1S/C22H21N3O6S/c1-30-19-9-4-8-16(21(19)26)18-13-17(23-25(18)22(27)20-10-5-11-31-20)14-6-3-7-15(12-14)24-32(2,28)29/h3-12,18,24,26H,13H2,1-2H3/t18-/m0/s1. The number of nitrogens with one attached hydrogen (secondary N) is 1. The van der Waals surface area contributed by atoms with Gasteiger partial charge in [0, 0.05) is 17.7 Å². The van der Waals surface area contributed by atoms with E-state index in [4.69, 9.17) is 9.15 Å². The third-order valence-corrected chi connectivity index (χ3v) is 5.57. The van der Waals surface area contributed by atoms with Gasteiger partial charge in [-0.25, -0.2) is 13.4 Å². The van der Waals surface area contributed by atoms with Crippen LogP contribution in [0.15, 0.2) is 70.4 Å². The number of benzene rings is 2. The predicted octanol–water partition coefficient (Wildman–Crippen LogP) is 3.36. The van der Waals surface area contributed by atoms with Crippen molar-refractivity contribution in [3.63, 3.8) is 0 Å². The van der Waals surface area contributed by atoms with Gasteiger partial charge in [0.05, 0.1) is 31.4 Å². The highest BCUT2D eigenvalue weighted by Gasteiger charge is 2.36. The summed E-state index contributed by atoms with van der Waals surface area (Å²) in [7, 11) is -2.01. The summed E-state index contributed by atoms with van der Waals surface area (Å²) in [5, 5.41) is 16.5. The topological polar surface area (TPSA) is 121 Å². The van der Waals surface area contributed by atoms with Gasteiger partial charge in [0.2, 0.25) is 10.0 Å². The molecule has 0 fully saturated rings. The van der Waals surface area contributed by atoms with E-state index in [1.807, 2.05) is 0 Å². The summed E-state index contributed by atoms with van der Waals surface area (Å²) in [6.45, 7) is 0. The summed E-state index contributed by atoms with van der Waals surface area (Å²) in [5.41, 5.74) is 2.03.